The molecule has 1 aromatic carbocycles. The van der Waals surface area contributed by atoms with Gasteiger partial charge in [0, 0.05) is 11.6 Å². The molecule has 1 saturated heterocycles. The maximum absolute atomic E-state index is 14.2. The van der Waals surface area contributed by atoms with Gasteiger partial charge in [-0.3, -0.25) is 0 Å². The second kappa shape index (κ2) is 6.20. The first kappa shape index (κ1) is 16.7. The molecule has 0 aliphatic carbocycles. The predicted octanol–water partition coefficient (Wildman–Crippen LogP) is 3.07. The van der Waals surface area contributed by atoms with Crippen molar-refractivity contribution in [3.05, 3.63) is 35.4 Å². The Bertz CT molecular complexity index is 550. The minimum atomic E-state index is -0.884. The molecule has 1 fully saturated rings. The fourth-order valence-electron chi connectivity index (χ4n) is 2.69. The SMILES string of the molecule is CC(C)(C)OC(=O)NC1(c2ccc(F)cc2F)CCNCC1. The molecule has 22 heavy (non-hydrogen) atoms. The van der Waals surface area contributed by atoms with E-state index in [4.69, 9.17) is 4.74 Å². The first-order valence-corrected chi connectivity index (χ1v) is 7.39. The quantitative estimate of drug-likeness (QED) is 0.882. The predicted molar refractivity (Wildman–Crippen MR) is 79.5 cm³/mol. The molecule has 6 heteroatoms. The molecule has 1 aliphatic heterocycles. The summed E-state index contributed by atoms with van der Waals surface area (Å²) < 4.78 is 32.7. The first-order valence-electron chi connectivity index (χ1n) is 7.39. The maximum Gasteiger partial charge on any atom is 0.408 e. The fourth-order valence-corrected chi connectivity index (χ4v) is 2.69. The minimum absolute atomic E-state index is 0.293. The van der Waals surface area contributed by atoms with E-state index in [2.05, 4.69) is 10.6 Å². The largest absolute Gasteiger partial charge is 0.444 e. The van der Waals surface area contributed by atoms with Gasteiger partial charge in [0.1, 0.15) is 17.2 Å². The van der Waals surface area contributed by atoms with Crippen molar-refractivity contribution in [3.63, 3.8) is 0 Å². The Morgan fingerprint density at radius 3 is 2.45 bits per heavy atom. The molecule has 1 amide bonds. The maximum atomic E-state index is 14.2. The van der Waals surface area contributed by atoms with Gasteiger partial charge in [-0.1, -0.05) is 6.07 Å². The van der Waals surface area contributed by atoms with E-state index in [-0.39, 0.29) is 0 Å². The fraction of sp³-hybridized carbons (Fsp3) is 0.562. The molecule has 0 atom stereocenters. The van der Waals surface area contributed by atoms with Crippen molar-refractivity contribution in [2.75, 3.05) is 13.1 Å². The number of amides is 1. The van der Waals surface area contributed by atoms with Gasteiger partial charge in [-0.25, -0.2) is 13.6 Å². The normalized spacial score (nSPS) is 17.9. The van der Waals surface area contributed by atoms with Gasteiger partial charge in [-0.05, 0) is 52.8 Å². The number of rotatable bonds is 2. The average Bonchev–Trinajstić information content (AvgIpc) is 2.36. The van der Waals surface area contributed by atoms with Crippen LogP contribution in [0.1, 0.15) is 39.2 Å². The Morgan fingerprint density at radius 1 is 1.27 bits per heavy atom. The zero-order chi connectivity index (χ0) is 16.4. The van der Waals surface area contributed by atoms with Crippen LogP contribution in [-0.4, -0.2) is 24.8 Å². The summed E-state index contributed by atoms with van der Waals surface area (Å²) in [6.07, 6.45) is 0.418. The van der Waals surface area contributed by atoms with Crippen LogP contribution in [-0.2, 0) is 10.3 Å². The lowest BCUT2D eigenvalue weighted by Crippen LogP contribution is -2.53. The number of alkyl carbamates (subject to hydrolysis) is 1. The number of halogens is 2. The van der Waals surface area contributed by atoms with Crippen molar-refractivity contribution in [3.8, 4) is 0 Å². The van der Waals surface area contributed by atoms with E-state index in [0.717, 1.165) is 6.07 Å². The molecule has 0 radical (unpaired) electrons. The van der Waals surface area contributed by atoms with Crippen LogP contribution >= 0.6 is 0 Å². The lowest BCUT2D eigenvalue weighted by molar-refractivity contribution is 0.0423. The highest BCUT2D eigenvalue weighted by Gasteiger charge is 2.38. The summed E-state index contributed by atoms with van der Waals surface area (Å²) in [6.45, 7) is 6.56. The van der Waals surface area contributed by atoms with Gasteiger partial charge in [0.25, 0.3) is 0 Å². The van der Waals surface area contributed by atoms with Crippen LogP contribution in [0.15, 0.2) is 18.2 Å². The summed E-state index contributed by atoms with van der Waals surface area (Å²) in [5.74, 6) is -1.29. The van der Waals surface area contributed by atoms with E-state index in [9.17, 15) is 13.6 Å². The molecular weight excluding hydrogens is 290 g/mol. The van der Waals surface area contributed by atoms with E-state index >= 15 is 0 Å². The summed E-state index contributed by atoms with van der Waals surface area (Å²) in [7, 11) is 0. The van der Waals surface area contributed by atoms with E-state index in [1.165, 1.54) is 12.1 Å². The number of carbonyl (C=O) groups excluding carboxylic acids is 1. The van der Waals surface area contributed by atoms with Crippen LogP contribution < -0.4 is 10.6 Å². The van der Waals surface area contributed by atoms with E-state index in [1.807, 2.05) is 0 Å². The molecule has 0 aromatic heterocycles. The van der Waals surface area contributed by atoms with E-state index < -0.39 is 28.9 Å². The molecule has 0 spiro atoms. The molecule has 0 saturated carbocycles. The lowest BCUT2D eigenvalue weighted by atomic mass is 9.81. The highest BCUT2D eigenvalue weighted by atomic mass is 19.1. The minimum Gasteiger partial charge on any atom is -0.444 e. The van der Waals surface area contributed by atoms with Crippen LogP contribution in [0.3, 0.4) is 0 Å². The van der Waals surface area contributed by atoms with Crippen molar-refractivity contribution in [2.45, 2.75) is 44.8 Å². The Kier molecular flexibility index (Phi) is 4.70. The van der Waals surface area contributed by atoms with Crippen LogP contribution in [0.2, 0.25) is 0 Å². The molecular formula is C16H22F2N2O2. The highest BCUT2D eigenvalue weighted by Crippen LogP contribution is 2.33. The van der Waals surface area contributed by atoms with Gasteiger partial charge < -0.3 is 15.4 Å². The molecule has 2 N–H and O–H groups in total. The molecule has 0 unspecified atom stereocenters. The smallest absolute Gasteiger partial charge is 0.408 e. The third-order valence-corrected chi connectivity index (χ3v) is 3.64. The van der Waals surface area contributed by atoms with Crippen LogP contribution in [0.5, 0.6) is 0 Å². The summed E-state index contributed by atoms with van der Waals surface area (Å²) >= 11 is 0. The number of benzene rings is 1. The number of hydrogen-bond donors (Lipinski definition) is 2. The van der Waals surface area contributed by atoms with Gasteiger partial charge in [-0.15, -0.1) is 0 Å². The van der Waals surface area contributed by atoms with Gasteiger partial charge in [0.2, 0.25) is 0 Å². The van der Waals surface area contributed by atoms with Gasteiger partial charge in [0.15, 0.2) is 0 Å². The van der Waals surface area contributed by atoms with Crippen molar-refractivity contribution < 1.29 is 18.3 Å². The number of carbonyl (C=O) groups is 1. The van der Waals surface area contributed by atoms with Crippen molar-refractivity contribution in [1.29, 1.82) is 0 Å². The number of hydrogen-bond acceptors (Lipinski definition) is 3. The van der Waals surface area contributed by atoms with E-state index in [1.54, 1.807) is 20.8 Å². The summed E-state index contributed by atoms with van der Waals surface area (Å²) in [5.41, 5.74) is -1.23. The third-order valence-electron chi connectivity index (χ3n) is 3.64. The average molecular weight is 312 g/mol. The molecule has 122 valence electrons. The Balaban J connectivity index is 2.30. The zero-order valence-electron chi connectivity index (χ0n) is 13.1. The Morgan fingerprint density at radius 2 is 1.91 bits per heavy atom. The molecule has 1 aromatic rings. The second-order valence-electron chi connectivity index (χ2n) is 6.58. The molecule has 0 bridgehead atoms. The molecule has 4 nitrogen and oxygen atoms in total. The molecule has 2 rings (SSSR count). The number of nitrogens with one attached hydrogen (secondary N) is 2. The third kappa shape index (κ3) is 3.94. The topological polar surface area (TPSA) is 50.4 Å². The Labute approximate surface area is 129 Å². The van der Waals surface area contributed by atoms with Crippen molar-refractivity contribution in [1.82, 2.24) is 10.6 Å². The second-order valence-corrected chi connectivity index (χ2v) is 6.58. The van der Waals surface area contributed by atoms with Gasteiger partial charge in [-0.2, -0.15) is 0 Å². The monoisotopic (exact) mass is 312 g/mol. The van der Waals surface area contributed by atoms with Crippen molar-refractivity contribution >= 4 is 6.09 Å². The van der Waals surface area contributed by atoms with Gasteiger partial charge >= 0.3 is 6.09 Å². The summed E-state index contributed by atoms with van der Waals surface area (Å²) in [5, 5.41) is 5.97. The number of ether oxygens (including phenoxy) is 1. The van der Waals surface area contributed by atoms with Crippen LogP contribution in [0, 0.1) is 11.6 Å². The van der Waals surface area contributed by atoms with Gasteiger partial charge in [0.05, 0.1) is 5.54 Å². The van der Waals surface area contributed by atoms with Crippen LogP contribution in [0.25, 0.3) is 0 Å². The summed E-state index contributed by atoms with van der Waals surface area (Å²) in [6, 6.07) is 3.45. The summed E-state index contributed by atoms with van der Waals surface area (Å²) in [4.78, 5) is 12.1. The lowest BCUT2D eigenvalue weighted by Gasteiger charge is -2.39. The highest BCUT2D eigenvalue weighted by molar-refractivity contribution is 5.69. The van der Waals surface area contributed by atoms with Crippen LogP contribution in [0.4, 0.5) is 13.6 Å². The zero-order valence-corrected chi connectivity index (χ0v) is 13.1. The number of piperidine rings is 1. The van der Waals surface area contributed by atoms with E-state index in [0.29, 0.717) is 31.5 Å². The molecule has 1 heterocycles. The molecule has 1 aliphatic rings. The Hall–Kier alpha value is -1.69. The van der Waals surface area contributed by atoms with Crippen molar-refractivity contribution in [2.24, 2.45) is 0 Å². The standard InChI is InChI=1S/C16H22F2N2O2/c1-15(2,3)22-14(21)20-16(6-8-19-9-7-16)12-5-4-11(17)10-13(12)18/h4-5,10,19H,6-9H2,1-3H3,(H,20,21). The first-order chi connectivity index (χ1) is 10.2.